The SMILES string of the molecule is CSc1cccc(NC(=O)C(/C(C)=C(\N)C(F)(F)F)=C(/N)N2CCCCCC2)c1. The minimum Gasteiger partial charge on any atom is -0.394 e. The summed E-state index contributed by atoms with van der Waals surface area (Å²) in [5.41, 5.74) is 10.1. The van der Waals surface area contributed by atoms with Crippen molar-refractivity contribution >= 4 is 23.4 Å². The second-order valence-corrected chi connectivity index (χ2v) is 7.76. The van der Waals surface area contributed by atoms with E-state index in [2.05, 4.69) is 5.32 Å². The van der Waals surface area contributed by atoms with Crippen LogP contribution in [0.2, 0.25) is 0 Å². The second-order valence-electron chi connectivity index (χ2n) is 6.88. The van der Waals surface area contributed by atoms with Crippen molar-refractivity contribution in [3.05, 3.63) is 46.9 Å². The van der Waals surface area contributed by atoms with Gasteiger partial charge in [0.2, 0.25) is 0 Å². The van der Waals surface area contributed by atoms with Crippen LogP contribution in [0.15, 0.2) is 51.8 Å². The number of allylic oxidation sites excluding steroid dienone is 1. The molecule has 0 spiro atoms. The van der Waals surface area contributed by atoms with E-state index in [-0.39, 0.29) is 17.0 Å². The third kappa shape index (κ3) is 6.09. The summed E-state index contributed by atoms with van der Waals surface area (Å²) < 4.78 is 39.7. The summed E-state index contributed by atoms with van der Waals surface area (Å²) in [5.74, 6) is -0.690. The molecule has 1 aliphatic rings. The number of hydrogen-bond acceptors (Lipinski definition) is 5. The standard InChI is InChI=1S/C20H27F3N4OS/c1-13(17(24)20(21,22)23)16(18(25)27-10-5-3-4-6-11-27)19(28)26-14-8-7-9-15(12-14)29-2/h7-9,12H,3-6,10-11,24-25H2,1-2H3,(H,26,28)/b17-13-,18-16-. The minimum absolute atomic E-state index is 0.0233. The van der Waals surface area contributed by atoms with Gasteiger partial charge in [-0.3, -0.25) is 4.79 Å². The molecular formula is C20H27F3N4OS. The summed E-state index contributed by atoms with van der Waals surface area (Å²) in [6.07, 6.45) is 0.901. The maximum absolute atomic E-state index is 13.2. The highest BCUT2D eigenvalue weighted by atomic mass is 32.2. The summed E-state index contributed by atoms with van der Waals surface area (Å²) in [6.45, 7) is 2.36. The van der Waals surface area contributed by atoms with Gasteiger partial charge in [-0.25, -0.2) is 0 Å². The molecule has 1 saturated heterocycles. The molecule has 0 radical (unpaired) electrons. The van der Waals surface area contributed by atoms with E-state index in [0.717, 1.165) is 30.6 Å². The Morgan fingerprint density at radius 1 is 1.14 bits per heavy atom. The Bertz CT molecular complexity index is 797. The van der Waals surface area contributed by atoms with Gasteiger partial charge in [0.15, 0.2) is 0 Å². The van der Waals surface area contributed by atoms with Gasteiger partial charge < -0.3 is 21.7 Å². The molecule has 160 valence electrons. The number of carbonyl (C=O) groups excluding carboxylic acids is 1. The van der Waals surface area contributed by atoms with E-state index in [4.69, 9.17) is 11.5 Å². The zero-order chi connectivity index (χ0) is 21.6. The first kappa shape index (κ1) is 23.0. The van der Waals surface area contributed by atoms with Crippen LogP contribution in [0.25, 0.3) is 0 Å². The fourth-order valence-corrected chi connectivity index (χ4v) is 3.65. The van der Waals surface area contributed by atoms with Crippen LogP contribution in [0.1, 0.15) is 32.6 Å². The molecule has 5 N–H and O–H groups in total. The average molecular weight is 429 g/mol. The summed E-state index contributed by atoms with van der Waals surface area (Å²) >= 11 is 1.49. The highest BCUT2D eigenvalue weighted by molar-refractivity contribution is 7.98. The lowest BCUT2D eigenvalue weighted by molar-refractivity contribution is -0.112. The summed E-state index contributed by atoms with van der Waals surface area (Å²) in [5, 5.41) is 2.67. The number of anilines is 1. The van der Waals surface area contributed by atoms with E-state index >= 15 is 0 Å². The molecule has 2 rings (SSSR count). The molecule has 1 aliphatic heterocycles. The van der Waals surface area contributed by atoms with E-state index in [0.29, 0.717) is 18.8 Å². The molecule has 5 nitrogen and oxygen atoms in total. The Morgan fingerprint density at radius 2 is 1.76 bits per heavy atom. The van der Waals surface area contributed by atoms with Crippen LogP contribution < -0.4 is 16.8 Å². The zero-order valence-corrected chi connectivity index (χ0v) is 17.4. The van der Waals surface area contributed by atoms with Crippen LogP contribution in [0.5, 0.6) is 0 Å². The molecule has 9 heteroatoms. The first-order chi connectivity index (χ1) is 13.6. The number of halogens is 3. The van der Waals surface area contributed by atoms with Crippen molar-refractivity contribution in [2.75, 3.05) is 24.7 Å². The van der Waals surface area contributed by atoms with Gasteiger partial charge in [-0.1, -0.05) is 18.9 Å². The Kier molecular flexibility index (Phi) is 7.89. The van der Waals surface area contributed by atoms with Crippen molar-refractivity contribution in [2.24, 2.45) is 11.5 Å². The molecule has 0 atom stereocenters. The highest BCUT2D eigenvalue weighted by Crippen LogP contribution is 2.29. The van der Waals surface area contributed by atoms with Crippen molar-refractivity contribution in [2.45, 2.75) is 43.7 Å². The molecule has 0 aromatic heterocycles. The van der Waals surface area contributed by atoms with Crippen molar-refractivity contribution in [1.29, 1.82) is 0 Å². The van der Waals surface area contributed by atoms with Gasteiger partial charge in [-0.05, 0) is 49.8 Å². The number of carbonyl (C=O) groups is 1. The van der Waals surface area contributed by atoms with Crippen LogP contribution in [-0.2, 0) is 4.79 Å². The molecule has 0 saturated carbocycles. The molecule has 1 fully saturated rings. The lowest BCUT2D eigenvalue weighted by Crippen LogP contribution is -2.34. The Balaban J connectivity index is 2.48. The number of hydrogen-bond donors (Lipinski definition) is 3. The van der Waals surface area contributed by atoms with Crippen LogP contribution in [0, 0.1) is 0 Å². The first-order valence-electron chi connectivity index (χ1n) is 9.39. The predicted molar refractivity (Wildman–Crippen MR) is 111 cm³/mol. The highest BCUT2D eigenvalue weighted by Gasteiger charge is 2.36. The van der Waals surface area contributed by atoms with E-state index in [1.165, 1.54) is 18.7 Å². The number of thioether (sulfide) groups is 1. The smallest absolute Gasteiger partial charge is 0.394 e. The summed E-state index contributed by atoms with van der Waals surface area (Å²) in [7, 11) is 0. The van der Waals surface area contributed by atoms with Crippen LogP contribution in [-0.4, -0.2) is 36.3 Å². The molecule has 1 amide bonds. The normalized spacial score (nSPS) is 17.2. The number of benzene rings is 1. The van der Waals surface area contributed by atoms with E-state index in [1.54, 1.807) is 23.1 Å². The van der Waals surface area contributed by atoms with Crippen molar-refractivity contribution in [3.8, 4) is 0 Å². The average Bonchev–Trinajstić information content (AvgIpc) is 2.96. The van der Waals surface area contributed by atoms with Crippen LogP contribution >= 0.6 is 11.8 Å². The number of alkyl halides is 3. The monoisotopic (exact) mass is 428 g/mol. The lowest BCUT2D eigenvalue weighted by atomic mass is 10.0. The Hall–Kier alpha value is -2.29. The zero-order valence-electron chi connectivity index (χ0n) is 16.6. The molecule has 0 unspecified atom stereocenters. The van der Waals surface area contributed by atoms with Gasteiger partial charge in [0.25, 0.3) is 5.91 Å². The molecule has 0 aliphatic carbocycles. The predicted octanol–water partition coefficient (Wildman–Crippen LogP) is 4.19. The molecule has 1 aromatic carbocycles. The third-order valence-corrected chi connectivity index (χ3v) is 5.57. The summed E-state index contributed by atoms with van der Waals surface area (Å²) in [6, 6.07) is 7.04. The minimum atomic E-state index is -4.76. The molecule has 1 aromatic rings. The van der Waals surface area contributed by atoms with Crippen LogP contribution in [0.4, 0.5) is 18.9 Å². The third-order valence-electron chi connectivity index (χ3n) is 4.84. The van der Waals surface area contributed by atoms with Crippen molar-refractivity contribution in [3.63, 3.8) is 0 Å². The largest absolute Gasteiger partial charge is 0.430 e. The van der Waals surface area contributed by atoms with E-state index in [1.807, 2.05) is 12.3 Å². The van der Waals surface area contributed by atoms with Gasteiger partial charge in [0.1, 0.15) is 11.5 Å². The topological polar surface area (TPSA) is 84.4 Å². The molecule has 1 heterocycles. The number of nitrogens with zero attached hydrogens (tertiary/aromatic N) is 1. The van der Waals surface area contributed by atoms with Gasteiger partial charge in [-0.15, -0.1) is 11.8 Å². The van der Waals surface area contributed by atoms with Gasteiger partial charge >= 0.3 is 6.18 Å². The van der Waals surface area contributed by atoms with E-state index < -0.39 is 17.8 Å². The number of nitrogens with two attached hydrogens (primary N) is 2. The van der Waals surface area contributed by atoms with Gasteiger partial charge in [0.05, 0.1) is 5.57 Å². The van der Waals surface area contributed by atoms with E-state index in [9.17, 15) is 18.0 Å². The van der Waals surface area contributed by atoms with Crippen molar-refractivity contribution in [1.82, 2.24) is 4.90 Å². The maximum Gasteiger partial charge on any atom is 0.430 e. The fraction of sp³-hybridized carbons (Fsp3) is 0.450. The van der Waals surface area contributed by atoms with Gasteiger partial charge in [-0.2, -0.15) is 13.2 Å². The van der Waals surface area contributed by atoms with Crippen molar-refractivity contribution < 1.29 is 18.0 Å². The lowest BCUT2D eigenvalue weighted by Gasteiger charge is -2.26. The molecule has 29 heavy (non-hydrogen) atoms. The Morgan fingerprint density at radius 3 is 2.31 bits per heavy atom. The number of nitrogens with one attached hydrogen (secondary N) is 1. The number of likely N-dealkylation sites (tertiary alicyclic amines) is 1. The first-order valence-corrected chi connectivity index (χ1v) is 10.6. The molecule has 0 bridgehead atoms. The Labute approximate surface area is 173 Å². The molecular weight excluding hydrogens is 401 g/mol. The fourth-order valence-electron chi connectivity index (χ4n) is 3.19. The van der Waals surface area contributed by atoms with Crippen LogP contribution in [0.3, 0.4) is 0 Å². The number of rotatable bonds is 5. The quantitative estimate of drug-likeness (QED) is 0.372. The van der Waals surface area contributed by atoms with Gasteiger partial charge in [0, 0.05) is 23.7 Å². The maximum atomic E-state index is 13.2. The number of amides is 1. The summed E-state index contributed by atoms with van der Waals surface area (Å²) in [4.78, 5) is 15.7. The second kappa shape index (κ2) is 9.96.